The highest BCUT2D eigenvalue weighted by Crippen LogP contribution is 2.36. The maximum absolute atomic E-state index is 12.4. The maximum atomic E-state index is 12.4. The van der Waals surface area contributed by atoms with Crippen molar-refractivity contribution in [1.82, 2.24) is 15.5 Å². The van der Waals surface area contributed by atoms with E-state index >= 15 is 0 Å². The monoisotopic (exact) mass is 317 g/mol. The predicted molar refractivity (Wildman–Crippen MR) is 80.3 cm³/mol. The van der Waals surface area contributed by atoms with Gasteiger partial charge < -0.3 is 20.3 Å². The quantitative estimate of drug-likeness (QED) is 0.747. The number of carbonyl (C=O) groups is 2. The van der Waals surface area contributed by atoms with Crippen LogP contribution in [0.3, 0.4) is 0 Å². The van der Waals surface area contributed by atoms with Crippen LogP contribution in [0.2, 0.25) is 0 Å². The predicted octanol–water partition coefficient (Wildman–Crippen LogP) is -0.0846. The number of piperidine rings is 1. The van der Waals surface area contributed by atoms with Crippen LogP contribution in [0.25, 0.3) is 0 Å². The molecule has 2 amide bonds. The lowest BCUT2D eigenvalue weighted by Gasteiger charge is -2.40. The number of ether oxygens (including phenoxy) is 1. The molecule has 0 saturated carbocycles. The lowest BCUT2D eigenvalue weighted by atomic mass is 9.79. The number of morpholine rings is 1. The number of carbonyl (C=O) groups excluding carboxylic acids is 2. The van der Waals surface area contributed by atoms with Gasteiger partial charge in [-0.25, -0.2) is 0 Å². The molecule has 2 atom stereocenters. The van der Waals surface area contributed by atoms with Gasteiger partial charge in [0.05, 0.1) is 13.2 Å². The molecule has 3 heterocycles. The summed E-state index contributed by atoms with van der Waals surface area (Å²) in [5.41, 5.74) is -0.0124. The van der Waals surface area contributed by atoms with E-state index in [-0.39, 0.29) is 35.7 Å². The number of nitrogens with zero attached hydrogens (tertiary/aromatic N) is 1. The second kappa shape index (κ2) is 6.94. The van der Waals surface area contributed by atoms with E-state index in [9.17, 15) is 9.59 Å². The number of nitrogens with one attached hydrogen (secondary N) is 2. The fraction of sp³-hybridized carbons (Fsp3) is 0.857. The fourth-order valence-corrected chi connectivity index (χ4v) is 3.55. The number of amides is 2. The van der Waals surface area contributed by atoms with Gasteiger partial charge in [-0.1, -0.05) is 0 Å². The van der Waals surface area contributed by atoms with E-state index < -0.39 is 0 Å². The summed E-state index contributed by atoms with van der Waals surface area (Å²) < 4.78 is 5.39. The second-order valence-corrected chi connectivity index (χ2v) is 6.30. The van der Waals surface area contributed by atoms with Crippen LogP contribution in [0.5, 0.6) is 0 Å². The van der Waals surface area contributed by atoms with Gasteiger partial charge in [-0.05, 0) is 12.8 Å². The third kappa shape index (κ3) is 3.87. The molecule has 3 rings (SSSR count). The number of likely N-dealkylation sites (tertiary alicyclic amines) is 1. The molecule has 120 valence electrons. The lowest BCUT2D eigenvalue weighted by molar-refractivity contribution is -0.136. The Labute approximate surface area is 131 Å². The Morgan fingerprint density at radius 3 is 3.00 bits per heavy atom. The van der Waals surface area contributed by atoms with Crippen molar-refractivity contribution < 1.29 is 14.3 Å². The minimum absolute atomic E-state index is 0. The summed E-state index contributed by atoms with van der Waals surface area (Å²) in [6.45, 7) is 4.43. The molecule has 3 saturated heterocycles. The first-order valence-electron chi connectivity index (χ1n) is 7.53. The number of rotatable bonds is 2. The zero-order chi connectivity index (χ0) is 14.0. The molecule has 0 radical (unpaired) electrons. The van der Waals surface area contributed by atoms with Gasteiger partial charge in [0, 0.05) is 50.5 Å². The van der Waals surface area contributed by atoms with Crippen LogP contribution in [-0.4, -0.2) is 62.1 Å². The van der Waals surface area contributed by atoms with Gasteiger partial charge in [-0.2, -0.15) is 0 Å². The first-order valence-corrected chi connectivity index (χ1v) is 7.53. The highest BCUT2D eigenvalue weighted by Gasteiger charge is 2.42. The molecule has 0 aromatic heterocycles. The molecule has 3 fully saturated rings. The molecule has 3 aliphatic heterocycles. The molecule has 0 aromatic rings. The van der Waals surface area contributed by atoms with Gasteiger partial charge >= 0.3 is 0 Å². The molecule has 7 heteroatoms. The average Bonchev–Trinajstić information content (AvgIpc) is 2.80. The van der Waals surface area contributed by atoms with Crippen molar-refractivity contribution in [3.8, 4) is 0 Å². The highest BCUT2D eigenvalue weighted by atomic mass is 35.5. The third-order valence-corrected chi connectivity index (χ3v) is 4.63. The zero-order valence-corrected chi connectivity index (χ0v) is 13.0. The summed E-state index contributed by atoms with van der Waals surface area (Å²) in [4.78, 5) is 25.8. The summed E-state index contributed by atoms with van der Waals surface area (Å²) in [5, 5.41) is 6.23. The summed E-state index contributed by atoms with van der Waals surface area (Å²) >= 11 is 0. The third-order valence-electron chi connectivity index (χ3n) is 4.63. The van der Waals surface area contributed by atoms with Crippen LogP contribution in [0.1, 0.15) is 25.7 Å². The topological polar surface area (TPSA) is 70.7 Å². The van der Waals surface area contributed by atoms with Gasteiger partial charge in [-0.3, -0.25) is 9.59 Å². The zero-order valence-electron chi connectivity index (χ0n) is 12.2. The van der Waals surface area contributed by atoms with Crippen molar-refractivity contribution in [1.29, 1.82) is 0 Å². The second-order valence-electron chi connectivity index (χ2n) is 6.30. The first-order chi connectivity index (χ1) is 9.67. The molecule has 0 aromatic carbocycles. The minimum atomic E-state index is -0.0124. The number of hydrogen-bond donors (Lipinski definition) is 2. The molecule has 21 heavy (non-hydrogen) atoms. The highest BCUT2D eigenvalue weighted by molar-refractivity contribution is 5.85. The minimum Gasteiger partial charge on any atom is -0.378 e. The fourth-order valence-electron chi connectivity index (χ4n) is 3.55. The van der Waals surface area contributed by atoms with Gasteiger partial charge in [-0.15, -0.1) is 12.4 Å². The van der Waals surface area contributed by atoms with E-state index in [2.05, 4.69) is 10.6 Å². The van der Waals surface area contributed by atoms with Crippen LogP contribution >= 0.6 is 12.4 Å². The molecule has 2 N–H and O–H groups in total. The Hall–Kier alpha value is -0.850. The smallest absolute Gasteiger partial charge is 0.224 e. The van der Waals surface area contributed by atoms with Crippen molar-refractivity contribution in [3.05, 3.63) is 0 Å². The van der Waals surface area contributed by atoms with Crippen LogP contribution in [-0.2, 0) is 14.3 Å². The summed E-state index contributed by atoms with van der Waals surface area (Å²) in [5.74, 6) is 0.313. The molecular formula is C14H24ClN3O3. The summed E-state index contributed by atoms with van der Waals surface area (Å²) in [6, 6.07) is 0.137. The van der Waals surface area contributed by atoms with Crippen LogP contribution in [0.4, 0.5) is 0 Å². The van der Waals surface area contributed by atoms with E-state index in [1.807, 2.05) is 4.90 Å². The van der Waals surface area contributed by atoms with Gasteiger partial charge in [0.15, 0.2) is 0 Å². The Bertz CT molecular complexity index is 401. The van der Waals surface area contributed by atoms with E-state index in [1.54, 1.807) is 0 Å². The van der Waals surface area contributed by atoms with Gasteiger partial charge in [0.2, 0.25) is 11.8 Å². The lowest BCUT2D eigenvalue weighted by Crippen LogP contribution is -2.50. The van der Waals surface area contributed by atoms with Crippen molar-refractivity contribution in [2.45, 2.75) is 31.7 Å². The summed E-state index contributed by atoms with van der Waals surface area (Å²) in [6.07, 6.45) is 3.11. The number of halogens is 1. The Morgan fingerprint density at radius 1 is 1.48 bits per heavy atom. The van der Waals surface area contributed by atoms with Crippen molar-refractivity contribution >= 4 is 24.2 Å². The Kier molecular flexibility index (Phi) is 5.46. The van der Waals surface area contributed by atoms with E-state index in [4.69, 9.17) is 4.74 Å². The molecule has 0 aliphatic carbocycles. The van der Waals surface area contributed by atoms with Gasteiger partial charge in [0.1, 0.15) is 0 Å². The summed E-state index contributed by atoms with van der Waals surface area (Å²) in [7, 11) is 0. The molecule has 2 unspecified atom stereocenters. The maximum Gasteiger partial charge on any atom is 0.224 e. The van der Waals surface area contributed by atoms with Crippen molar-refractivity contribution in [2.75, 3.05) is 39.4 Å². The Balaban J connectivity index is 0.00000161. The normalized spacial score (nSPS) is 32.7. The van der Waals surface area contributed by atoms with Crippen LogP contribution in [0, 0.1) is 5.41 Å². The average molecular weight is 318 g/mol. The molecule has 6 nitrogen and oxygen atoms in total. The van der Waals surface area contributed by atoms with E-state index in [0.29, 0.717) is 19.4 Å². The standard InChI is InChI=1S/C14H23N3O3.ClH/c18-12-7-14(9-16-12)2-1-4-17(10-14)13(19)6-11-8-20-5-3-15-11;/h11,15H,1-10H2,(H,16,18);1H. The molecule has 1 spiro atoms. The van der Waals surface area contributed by atoms with E-state index in [1.165, 1.54) is 0 Å². The first kappa shape index (κ1) is 16.5. The van der Waals surface area contributed by atoms with Crippen LogP contribution < -0.4 is 10.6 Å². The number of hydrogen-bond acceptors (Lipinski definition) is 4. The van der Waals surface area contributed by atoms with Gasteiger partial charge in [0.25, 0.3) is 0 Å². The van der Waals surface area contributed by atoms with Crippen molar-refractivity contribution in [3.63, 3.8) is 0 Å². The van der Waals surface area contributed by atoms with Crippen LogP contribution in [0.15, 0.2) is 0 Å². The molecule has 3 aliphatic rings. The SMILES string of the molecule is Cl.O=C1CC2(CCCN(C(=O)CC3COCCN3)C2)CN1. The van der Waals surface area contributed by atoms with E-state index in [0.717, 1.165) is 45.6 Å². The molecular weight excluding hydrogens is 294 g/mol. The largest absolute Gasteiger partial charge is 0.378 e. The Morgan fingerprint density at radius 2 is 2.33 bits per heavy atom. The molecule has 0 bridgehead atoms. The van der Waals surface area contributed by atoms with Crippen molar-refractivity contribution in [2.24, 2.45) is 5.41 Å².